The van der Waals surface area contributed by atoms with Gasteiger partial charge in [-0.1, -0.05) is 0 Å². The van der Waals surface area contributed by atoms with Gasteiger partial charge in [-0.3, -0.25) is 4.68 Å². The maximum absolute atomic E-state index is 12.8. The van der Waals surface area contributed by atoms with Crippen LogP contribution in [-0.2, 0) is 13.5 Å². The molecule has 0 radical (unpaired) electrons. The standard InChI is InChI=1S/C11H16F3N3/c1-17-6-4-8(16-17)7-10-9(11(12,13)14)3-2-5-15-10/h4,6,9-10,15H,2-3,5,7H2,1H3. The van der Waals surface area contributed by atoms with Crippen LogP contribution in [0.25, 0.3) is 0 Å². The Bertz CT molecular complexity index is 372. The molecule has 0 bridgehead atoms. The highest BCUT2D eigenvalue weighted by atomic mass is 19.4. The molecule has 1 aromatic rings. The quantitative estimate of drug-likeness (QED) is 0.865. The molecular weight excluding hydrogens is 231 g/mol. The van der Waals surface area contributed by atoms with Gasteiger partial charge in [0.2, 0.25) is 0 Å². The molecule has 3 nitrogen and oxygen atoms in total. The van der Waals surface area contributed by atoms with Gasteiger partial charge >= 0.3 is 6.18 Å². The number of nitrogens with one attached hydrogen (secondary N) is 1. The Morgan fingerprint density at radius 3 is 2.88 bits per heavy atom. The molecule has 1 aromatic heterocycles. The SMILES string of the molecule is Cn1ccc(CC2NCCCC2C(F)(F)F)n1. The summed E-state index contributed by atoms with van der Waals surface area (Å²) in [5, 5.41) is 7.09. The summed E-state index contributed by atoms with van der Waals surface area (Å²) < 4.78 is 40.1. The average Bonchev–Trinajstić information content (AvgIpc) is 2.63. The van der Waals surface area contributed by atoms with Gasteiger partial charge in [0.05, 0.1) is 11.6 Å². The third-order valence-corrected chi connectivity index (χ3v) is 3.20. The molecule has 1 saturated heterocycles. The largest absolute Gasteiger partial charge is 0.393 e. The second-order valence-electron chi connectivity index (χ2n) is 4.54. The lowest BCUT2D eigenvalue weighted by molar-refractivity contribution is -0.188. The van der Waals surface area contributed by atoms with E-state index in [1.807, 2.05) is 0 Å². The highest BCUT2D eigenvalue weighted by molar-refractivity contribution is 5.03. The monoisotopic (exact) mass is 247 g/mol. The molecule has 1 N–H and O–H groups in total. The van der Waals surface area contributed by atoms with Gasteiger partial charge in [-0.15, -0.1) is 0 Å². The molecule has 0 aromatic carbocycles. The van der Waals surface area contributed by atoms with Crippen molar-refractivity contribution in [3.05, 3.63) is 18.0 Å². The number of piperidine rings is 1. The third-order valence-electron chi connectivity index (χ3n) is 3.20. The molecule has 6 heteroatoms. The van der Waals surface area contributed by atoms with E-state index >= 15 is 0 Å². The minimum Gasteiger partial charge on any atom is -0.313 e. The van der Waals surface area contributed by atoms with E-state index < -0.39 is 18.1 Å². The molecule has 2 atom stereocenters. The first kappa shape index (κ1) is 12.4. The Labute approximate surface area is 98.0 Å². The van der Waals surface area contributed by atoms with E-state index in [-0.39, 0.29) is 6.42 Å². The van der Waals surface area contributed by atoms with Gasteiger partial charge in [0.1, 0.15) is 0 Å². The Kier molecular flexibility index (Phi) is 3.42. The summed E-state index contributed by atoms with van der Waals surface area (Å²) in [6.07, 6.45) is -1.23. The van der Waals surface area contributed by atoms with Crippen LogP contribution in [0.4, 0.5) is 13.2 Å². The summed E-state index contributed by atoms with van der Waals surface area (Å²) >= 11 is 0. The van der Waals surface area contributed by atoms with Crippen LogP contribution < -0.4 is 5.32 Å². The van der Waals surface area contributed by atoms with Gasteiger partial charge < -0.3 is 5.32 Å². The van der Waals surface area contributed by atoms with Crippen molar-refractivity contribution >= 4 is 0 Å². The second kappa shape index (κ2) is 4.68. The van der Waals surface area contributed by atoms with Crippen molar-refractivity contribution in [1.29, 1.82) is 0 Å². The summed E-state index contributed by atoms with van der Waals surface area (Å²) in [5.74, 6) is -1.25. The number of nitrogens with zero attached hydrogens (tertiary/aromatic N) is 2. The summed E-state index contributed by atoms with van der Waals surface area (Å²) in [4.78, 5) is 0. The summed E-state index contributed by atoms with van der Waals surface area (Å²) in [6.45, 7) is 0.657. The first-order valence-corrected chi connectivity index (χ1v) is 5.75. The zero-order chi connectivity index (χ0) is 12.5. The minimum atomic E-state index is -4.12. The van der Waals surface area contributed by atoms with E-state index in [2.05, 4.69) is 10.4 Å². The van der Waals surface area contributed by atoms with E-state index in [1.54, 1.807) is 24.0 Å². The lowest BCUT2D eigenvalue weighted by atomic mass is 9.87. The fourth-order valence-corrected chi connectivity index (χ4v) is 2.36. The molecule has 96 valence electrons. The molecule has 0 amide bonds. The maximum atomic E-state index is 12.8. The van der Waals surface area contributed by atoms with Crippen LogP contribution >= 0.6 is 0 Å². The van der Waals surface area contributed by atoms with Crippen molar-refractivity contribution in [2.24, 2.45) is 13.0 Å². The zero-order valence-electron chi connectivity index (χ0n) is 9.67. The highest BCUT2D eigenvalue weighted by Crippen LogP contribution is 2.35. The van der Waals surface area contributed by atoms with Crippen LogP contribution in [0.1, 0.15) is 18.5 Å². The molecule has 2 unspecified atom stereocenters. The number of alkyl halides is 3. The number of rotatable bonds is 2. The third kappa shape index (κ3) is 3.00. The average molecular weight is 247 g/mol. The molecule has 1 aliphatic rings. The van der Waals surface area contributed by atoms with Crippen LogP contribution in [-0.4, -0.2) is 28.5 Å². The van der Waals surface area contributed by atoms with Crippen LogP contribution in [0, 0.1) is 5.92 Å². The smallest absolute Gasteiger partial charge is 0.313 e. The van der Waals surface area contributed by atoms with Crippen LogP contribution in [0.5, 0.6) is 0 Å². The van der Waals surface area contributed by atoms with Crippen molar-refractivity contribution in [1.82, 2.24) is 15.1 Å². The second-order valence-corrected chi connectivity index (χ2v) is 4.54. The Hall–Kier alpha value is -1.04. The molecule has 2 heterocycles. The topological polar surface area (TPSA) is 29.9 Å². The van der Waals surface area contributed by atoms with Crippen LogP contribution in [0.2, 0.25) is 0 Å². The number of aryl methyl sites for hydroxylation is 1. The maximum Gasteiger partial charge on any atom is 0.393 e. The van der Waals surface area contributed by atoms with Crippen LogP contribution in [0.15, 0.2) is 12.3 Å². The summed E-state index contributed by atoms with van der Waals surface area (Å²) in [6, 6.07) is 1.22. The fourth-order valence-electron chi connectivity index (χ4n) is 2.36. The molecule has 0 spiro atoms. The highest BCUT2D eigenvalue weighted by Gasteiger charge is 2.45. The Balaban J connectivity index is 2.06. The number of halogens is 3. The normalized spacial score (nSPS) is 26.1. The van der Waals surface area contributed by atoms with Crippen LogP contribution in [0.3, 0.4) is 0 Å². The zero-order valence-corrected chi connectivity index (χ0v) is 9.67. The molecule has 17 heavy (non-hydrogen) atoms. The molecule has 2 rings (SSSR count). The number of hydrogen-bond acceptors (Lipinski definition) is 2. The van der Waals surface area contributed by atoms with E-state index in [0.29, 0.717) is 25.1 Å². The number of aromatic nitrogens is 2. The minimum absolute atomic E-state index is 0.216. The number of hydrogen-bond donors (Lipinski definition) is 1. The lowest BCUT2D eigenvalue weighted by Crippen LogP contribution is -2.48. The summed E-state index contributed by atoms with van der Waals surface area (Å²) in [5.41, 5.74) is 0.709. The van der Waals surface area contributed by atoms with Gasteiger partial charge in [-0.2, -0.15) is 18.3 Å². The van der Waals surface area contributed by atoms with E-state index in [0.717, 1.165) is 0 Å². The van der Waals surface area contributed by atoms with Gasteiger partial charge in [0.25, 0.3) is 0 Å². The van der Waals surface area contributed by atoms with Crippen molar-refractivity contribution in [2.45, 2.75) is 31.5 Å². The van der Waals surface area contributed by atoms with E-state index in [1.165, 1.54) is 0 Å². The van der Waals surface area contributed by atoms with Gasteiger partial charge in [0.15, 0.2) is 0 Å². The first-order valence-electron chi connectivity index (χ1n) is 5.75. The fraction of sp³-hybridized carbons (Fsp3) is 0.727. The van der Waals surface area contributed by atoms with Gasteiger partial charge in [-0.25, -0.2) is 0 Å². The van der Waals surface area contributed by atoms with Gasteiger partial charge in [0, 0.05) is 25.7 Å². The van der Waals surface area contributed by atoms with E-state index in [4.69, 9.17) is 0 Å². The van der Waals surface area contributed by atoms with Crippen molar-refractivity contribution in [3.63, 3.8) is 0 Å². The molecule has 0 saturated carbocycles. The van der Waals surface area contributed by atoms with Crippen molar-refractivity contribution < 1.29 is 13.2 Å². The first-order chi connectivity index (χ1) is 7.97. The predicted molar refractivity (Wildman–Crippen MR) is 57.5 cm³/mol. The molecule has 0 aliphatic carbocycles. The molecule has 1 fully saturated rings. The molecule has 1 aliphatic heterocycles. The predicted octanol–water partition coefficient (Wildman–Crippen LogP) is 1.89. The Morgan fingerprint density at radius 2 is 2.29 bits per heavy atom. The van der Waals surface area contributed by atoms with E-state index in [9.17, 15) is 13.2 Å². The van der Waals surface area contributed by atoms with Crippen molar-refractivity contribution in [2.75, 3.05) is 6.54 Å². The Morgan fingerprint density at radius 1 is 1.53 bits per heavy atom. The lowest BCUT2D eigenvalue weighted by Gasteiger charge is -2.33. The summed E-state index contributed by atoms with van der Waals surface area (Å²) in [7, 11) is 1.76. The van der Waals surface area contributed by atoms with Gasteiger partial charge in [-0.05, 0) is 25.5 Å². The van der Waals surface area contributed by atoms with Crippen molar-refractivity contribution in [3.8, 4) is 0 Å². The molecular formula is C11H16F3N3.